The SMILES string of the molecule is C[n+]1[c-]n(-c2[c-]cccc2)c2ccccc21.Cc1cc(CCCCc2cc(C)cc(-c3[c-]cc(F)cc3F)n2)nc(-c2[c-]cc(F)cc2F)c1.[Ir]. The molecule has 7 rings (SSSR count). The Kier molecular flexibility index (Phi) is 12.3. The number of benzene rings is 4. The first-order valence-electron chi connectivity index (χ1n) is 16.2. The van der Waals surface area contributed by atoms with Crippen molar-refractivity contribution < 1.29 is 42.2 Å². The minimum Gasteiger partial charge on any atom is -0.342 e. The molecule has 4 aromatic carbocycles. The van der Waals surface area contributed by atoms with Gasteiger partial charge in [0.05, 0.1) is 18.1 Å². The first-order valence-corrected chi connectivity index (χ1v) is 16.2. The van der Waals surface area contributed by atoms with Crippen LogP contribution < -0.4 is 4.57 Å². The topological polar surface area (TPSA) is 34.6 Å². The number of rotatable bonds is 8. The van der Waals surface area contributed by atoms with E-state index in [1.165, 1.54) is 5.52 Å². The Bertz CT molecular complexity index is 2170. The van der Waals surface area contributed by atoms with Crippen molar-refractivity contribution in [2.24, 2.45) is 7.05 Å². The summed E-state index contributed by atoms with van der Waals surface area (Å²) in [7, 11) is 2.00. The minimum atomic E-state index is -0.694. The summed E-state index contributed by atoms with van der Waals surface area (Å²) in [5, 5.41) is 0. The third-order valence-electron chi connectivity index (χ3n) is 8.06. The Hall–Kier alpha value is -4.98. The van der Waals surface area contributed by atoms with Crippen molar-refractivity contribution in [3.63, 3.8) is 0 Å². The molecule has 0 N–H and O–H groups in total. The molecule has 51 heavy (non-hydrogen) atoms. The van der Waals surface area contributed by atoms with Crippen LogP contribution in [0.5, 0.6) is 0 Å². The molecule has 0 saturated carbocycles. The summed E-state index contributed by atoms with van der Waals surface area (Å²) in [5.74, 6) is -2.75. The van der Waals surface area contributed by atoms with Crippen LogP contribution >= 0.6 is 0 Å². The second-order valence-corrected chi connectivity index (χ2v) is 12.1. The molecule has 0 spiro atoms. The zero-order valence-electron chi connectivity index (χ0n) is 28.2. The van der Waals surface area contributed by atoms with Crippen LogP contribution in [0.15, 0.2) is 97.1 Å². The number of aryl methyl sites for hydroxylation is 5. The summed E-state index contributed by atoms with van der Waals surface area (Å²) in [6, 6.07) is 35.9. The van der Waals surface area contributed by atoms with Gasteiger partial charge in [0.1, 0.15) is 0 Å². The second-order valence-electron chi connectivity index (χ2n) is 12.1. The average molecular weight is 862 g/mol. The number of hydrogen-bond donors (Lipinski definition) is 0. The van der Waals surface area contributed by atoms with Gasteiger partial charge < -0.3 is 19.1 Å². The number of hydrogen-bond acceptors (Lipinski definition) is 2. The fourth-order valence-electron chi connectivity index (χ4n) is 5.79. The number of nitrogens with zero attached hydrogens (tertiary/aromatic N) is 4. The normalized spacial score (nSPS) is 10.8. The predicted octanol–water partition coefficient (Wildman–Crippen LogP) is 9.20. The van der Waals surface area contributed by atoms with Crippen molar-refractivity contribution in [3.8, 4) is 28.2 Å². The fraction of sp³-hybridized carbons (Fsp3) is 0.167. The summed E-state index contributed by atoms with van der Waals surface area (Å²) >= 11 is 0. The predicted molar refractivity (Wildman–Crippen MR) is 185 cm³/mol. The molecule has 0 aliphatic heterocycles. The van der Waals surface area contributed by atoms with Crippen LogP contribution in [-0.4, -0.2) is 14.5 Å². The molecular weight excluding hydrogens is 829 g/mol. The van der Waals surface area contributed by atoms with Crippen LogP contribution in [0.2, 0.25) is 0 Å². The van der Waals surface area contributed by atoms with Gasteiger partial charge in [-0.1, -0.05) is 76.5 Å². The zero-order valence-corrected chi connectivity index (χ0v) is 30.6. The molecule has 0 amide bonds. The van der Waals surface area contributed by atoms with Crippen molar-refractivity contribution in [1.29, 1.82) is 0 Å². The van der Waals surface area contributed by atoms with Gasteiger partial charge in [0.15, 0.2) is 0 Å². The second kappa shape index (κ2) is 16.8. The quantitative estimate of drug-likeness (QED) is 0.0662. The van der Waals surface area contributed by atoms with E-state index < -0.39 is 23.3 Å². The summed E-state index contributed by atoms with van der Waals surface area (Å²) in [6.45, 7) is 3.81. The molecule has 0 unspecified atom stereocenters. The first kappa shape index (κ1) is 37.3. The smallest absolute Gasteiger partial charge is 0.242 e. The van der Waals surface area contributed by atoms with Crippen LogP contribution in [0.4, 0.5) is 17.6 Å². The van der Waals surface area contributed by atoms with Gasteiger partial charge in [-0.15, -0.1) is 24.3 Å². The van der Waals surface area contributed by atoms with Crippen molar-refractivity contribution in [3.05, 3.63) is 167 Å². The van der Waals surface area contributed by atoms with Crippen LogP contribution in [0, 0.1) is 61.6 Å². The van der Waals surface area contributed by atoms with Gasteiger partial charge in [0.2, 0.25) is 6.33 Å². The van der Waals surface area contributed by atoms with E-state index in [4.69, 9.17) is 0 Å². The number of fused-ring (bicyclic) bond motifs is 1. The summed E-state index contributed by atoms with van der Waals surface area (Å²) in [5.41, 5.74) is 7.96. The number of pyridine rings is 2. The minimum absolute atomic E-state index is 0. The molecule has 0 bridgehead atoms. The van der Waals surface area contributed by atoms with Gasteiger partial charge >= 0.3 is 0 Å². The Labute approximate surface area is 308 Å². The molecule has 0 aliphatic rings. The number of aromatic nitrogens is 4. The molecule has 7 aromatic rings. The van der Waals surface area contributed by atoms with Crippen molar-refractivity contribution in [2.75, 3.05) is 0 Å². The number of halogens is 4. The van der Waals surface area contributed by atoms with Crippen LogP contribution in [0.1, 0.15) is 35.4 Å². The summed E-state index contributed by atoms with van der Waals surface area (Å²) in [6.07, 6.45) is 6.25. The Balaban J connectivity index is 0.000000247. The van der Waals surface area contributed by atoms with E-state index in [1.54, 1.807) is 12.1 Å². The Morgan fingerprint density at radius 2 is 1.20 bits per heavy atom. The first-order chi connectivity index (χ1) is 24.1. The van der Waals surface area contributed by atoms with E-state index in [2.05, 4.69) is 46.6 Å². The summed E-state index contributed by atoms with van der Waals surface area (Å²) in [4.78, 5) is 9.08. The monoisotopic (exact) mass is 862 g/mol. The molecule has 4 nitrogen and oxygen atoms in total. The van der Waals surface area contributed by atoms with Crippen molar-refractivity contribution in [1.82, 2.24) is 14.5 Å². The van der Waals surface area contributed by atoms with Gasteiger partial charge in [-0.25, -0.2) is 0 Å². The van der Waals surface area contributed by atoms with E-state index in [9.17, 15) is 17.6 Å². The molecule has 3 aromatic heterocycles. The number of para-hydroxylation sites is 3. The molecule has 0 saturated heterocycles. The van der Waals surface area contributed by atoms with Gasteiger partial charge in [0.25, 0.3) is 0 Å². The molecule has 0 atom stereocenters. The van der Waals surface area contributed by atoms with E-state index in [0.717, 1.165) is 70.8 Å². The van der Waals surface area contributed by atoms with Crippen LogP contribution in [-0.2, 0) is 40.0 Å². The third kappa shape index (κ3) is 9.23. The van der Waals surface area contributed by atoms with E-state index in [1.807, 2.05) is 78.6 Å². The van der Waals surface area contributed by atoms with Crippen molar-refractivity contribution >= 4 is 11.0 Å². The number of unbranched alkanes of at least 4 members (excludes halogenated alkanes) is 1. The number of imidazole rings is 1. The molecule has 1 radical (unpaired) electrons. The maximum atomic E-state index is 14.2. The molecule has 261 valence electrons. The molecule has 0 aliphatic carbocycles. The standard InChI is InChI=1S/C28H22F4N2.C14H11N2.Ir/c1-17-11-21(33-27(13-17)23-9-7-19(29)15-25(23)31)5-3-4-6-22-12-18(2)14-28(34-22)24-10-8-20(30)16-26(24)32;1-15-11-16(12-7-3-2-4-8-12)14-10-6-5-9-13(14)15;/h7-8,11-16H,3-6H2,1-2H3;2-7,9-10H,1H3;/q-2;-1;. The van der Waals surface area contributed by atoms with Gasteiger partial charge in [-0.3, -0.25) is 17.6 Å². The average Bonchev–Trinajstić information content (AvgIpc) is 3.43. The van der Waals surface area contributed by atoms with E-state index in [-0.39, 0.29) is 31.2 Å². The van der Waals surface area contributed by atoms with Gasteiger partial charge in [-0.2, -0.15) is 30.3 Å². The van der Waals surface area contributed by atoms with E-state index >= 15 is 0 Å². The fourth-order valence-corrected chi connectivity index (χ4v) is 5.79. The molecule has 3 heterocycles. The maximum Gasteiger partial charge on any atom is 0.242 e. The zero-order chi connectivity index (χ0) is 35.2. The van der Waals surface area contributed by atoms with Crippen LogP contribution in [0.25, 0.3) is 39.2 Å². The molecule has 0 fully saturated rings. The van der Waals surface area contributed by atoms with Crippen molar-refractivity contribution in [2.45, 2.75) is 39.5 Å². The van der Waals surface area contributed by atoms with Gasteiger partial charge in [0, 0.05) is 54.8 Å². The van der Waals surface area contributed by atoms with Crippen LogP contribution in [0.3, 0.4) is 0 Å². The summed E-state index contributed by atoms with van der Waals surface area (Å²) < 4.78 is 58.8. The van der Waals surface area contributed by atoms with Gasteiger partial charge in [-0.05, 0) is 63.1 Å². The third-order valence-corrected chi connectivity index (χ3v) is 8.06. The largest absolute Gasteiger partial charge is 0.342 e. The Morgan fingerprint density at radius 3 is 1.71 bits per heavy atom. The molecular formula is C42H33F4IrN4-3. The Morgan fingerprint density at radius 1 is 0.667 bits per heavy atom. The van der Waals surface area contributed by atoms with E-state index in [0.29, 0.717) is 24.2 Å². The molecule has 9 heteroatoms. The maximum absolute atomic E-state index is 14.2.